The fourth-order valence-corrected chi connectivity index (χ4v) is 3.53. The maximum absolute atomic E-state index is 10.6. The summed E-state index contributed by atoms with van der Waals surface area (Å²) in [6.07, 6.45) is 5.33. The molecule has 1 aromatic rings. The third-order valence-electron chi connectivity index (χ3n) is 4.54. The van der Waals surface area contributed by atoms with Crippen molar-refractivity contribution >= 4 is 0 Å². The highest BCUT2D eigenvalue weighted by molar-refractivity contribution is 5.31. The Kier molecular flexibility index (Phi) is 6.68. The lowest BCUT2D eigenvalue weighted by molar-refractivity contribution is 0.0456. The molecule has 0 bridgehead atoms. The fourth-order valence-electron chi connectivity index (χ4n) is 3.53. The molecule has 3 atom stereocenters. The van der Waals surface area contributed by atoms with Crippen molar-refractivity contribution < 1.29 is 14.6 Å². The summed E-state index contributed by atoms with van der Waals surface area (Å²) < 4.78 is 10.5. The van der Waals surface area contributed by atoms with Gasteiger partial charge >= 0.3 is 0 Å². The Morgan fingerprint density at radius 3 is 2.73 bits per heavy atom. The van der Waals surface area contributed by atoms with Crippen molar-refractivity contribution in [2.24, 2.45) is 5.92 Å². The smallest absolute Gasteiger partial charge is 0.188 e. The Morgan fingerprint density at radius 2 is 2.00 bits per heavy atom. The molecule has 0 radical (unpaired) electrons. The Bertz CT molecular complexity index is 450. The Balaban J connectivity index is 2.23. The number of rotatable bonds is 6. The predicted molar refractivity (Wildman–Crippen MR) is 88.0 cm³/mol. The minimum absolute atomic E-state index is 0.208. The molecule has 0 heterocycles. The summed E-state index contributed by atoms with van der Waals surface area (Å²) in [5.74, 6) is 1.09. The first-order valence-electron chi connectivity index (χ1n) is 8.19. The number of aliphatic hydroxyl groups is 1. The summed E-state index contributed by atoms with van der Waals surface area (Å²) in [4.78, 5) is 2.22. The van der Waals surface area contributed by atoms with Gasteiger partial charge in [-0.05, 0) is 44.6 Å². The van der Waals surface area contributed by atoms with Gasteiger partial charge in [-0.15, -0.1) is 0 Å². The molecule has 1 unspecified atom stereocenters. The molecule has 1 aliphatic carbocycles. The molecule has 0 aliphatic heterocycles. The number of benzene rings is 1. The van der Waals surface area contributed by atoms with Gasteiger partial charge < -0.3 is 19.5 Å². The van der Waals surface area contributed by atoms with Crippen molar-refractivity contribution in [3.63, 3.8) is 0 Å². The lowest BCUT2D eigenvalue weighted by Gasteiger charge is -2.35. The maximum atomic E-state index is 10.6. The monoisotopic (exact) mass is 307 g/mol. The molecule has 1 fully saturated rings. The largest absolute Gasteiger partial charge is 0.468 e. The fraction of sp³-hybridized carbons (Fsp3) is 0.667. The summed E-state index contributed by atoms with van der Waals surface area (Å²) in [7, 11) is 5.80. The molecule has 22 heavy (non-hydrogen) atoms. The van der Waals surface area contributed by atoms with Gasteiger partial charge in [-0.2, -0.15) is 0 Å². The quantitative estimate of drug-likeness (QED) is 0.647. The van der Waals surface area contributed by atoms with E-state index in [1.54, 1.807) is 7.11 Å². The van der Waals surface area contributed by atoms with E-state index in [4.69, 9.17) is 9.47 Å². The van der Waals surface area contributed by atoms with Crippen molar-refractivity contribution in [3.05, 3.63) is 29.8 Å². The van der Waals surface area contributed by atoms with Crippen LogP contribution in [0.4, 0.5) is 0 Å². The van der Waals surface area contributed by atoms with Crippen LogP contribution in [0, 0.1) is 5.92 Å². The van der Waals surface area contributed by atoms with Crippen LogP contribution in [-0.4, -0.2) is 44.1 Å². The molecule has 0 amide bonds. The number of nitrogens with zero attached hydrogens (tertiary/aromatic N) is 1. The van der Waals surface area contributed by atoms with Crippen LogP contribution < -0.4 is 4.74 Å². The average Bonchev–Trinajstić information content (AvgIpc) is 2.71. The van der Waals surface area contributed by atoms with Crippen LogP contribution in [0.2, 0.25) is 0 Å². The Morgan fingerprint density at radius 1 is 1.23 bits per heavy atom. The zero-order valence-electron chi connectivity index (χ0n) is 14.0. The van der Waals surface area contributed by atoms with Crippen LogP contribution in [0.1, 0.15) is 43.7 Å². The van der Waals surface area contributed by atoms with E-state index < -0.39 is 0 Å². The van der Waals surface area contributed by atoms with Crippen LogP contribution in [0.25, 0.3) is 0 Å². The topological polar surface area (TPSA) is 41.9 Å². The molecular weight excluding hydrogens is 278 g/mol. The van der Waals surface area contributed by atoms with Crippen molar-refractivity contribution in [3.8, 4) is 5.75 Å². The molecule has 0 aromatic heterocycles. The normalized spacial score (nSPS) is 24.0. The summed E-state index contributed by atoms with van der Waals surface area (Å²) in [5.41, 5.74) is 1.20. The SMILES string of the molecule is COCOc1cccc(C([C@H]2CCCCC[C@H]2O)N(C)C)c1. The predicted octanol–water partition coefficient (Wildman–Crippen LogP) is 3.21. The summed E-state index contributed by atoms with van der Waals surface area (Å²) in [5, 5.41) is 10.6. The molecule has 2 rings (SSSR count). The highest BCUT2D eigenvalue weighted by atomic mass is 16.7. The lowest BCUT2D eigenvalue weighted by Crippen LogP contribution is -2.34. The van der Waals surface area contributed by atoms with E-state index in [0.29, 0.717) is 0 Å². The molecule has 1 saturated carbocycles. The van der Waals surface area contributed by atoms with Crippen molar-refractivity contribution in [1.82, 2.24) is 4.90 Å². The number of hydrogen-bond acceptors (Lipinski definition) is 4. The standard InChI is InChI=1S/C18H29NO3/c1-19(2)18(16-10-5-4-6-11-17(16)20)14-8-7-9-15(12-14)22-13-21-3/h7-9,12,16-18,20H,4-6,10-11,13H2,1-3H3/t16-,17+,18?/m0/s1. The van der Waals surface area contributed by atoms with Crippen LogP contribution in [0.5, 0.6) is 5.75 Å². The van der Waals surface area contributed by atoms with E-state index >= 15 is 0 Å². The van der Waals surface area contributed by atoms with Gasteiger partial charge in [-0.3, -0.25) is 0 Å². The molecule has 4 heteroatoms. The molecule has 1 aromatic carbocycles. The van der Waals surface area contributed by atoms with Gasteiger partial charge in [0.05, 0.1) is 6.10 Å². The van der Waals surface area contributed by atoms with E-state index in [9.17, 15) is 5.11 Å². The highest BCUT2D eigenvalue weighted by Crippen LogP contribution is 2.37. The third kappa shape index (κ3) is 4.45. The molecule has 0 spiro atoms. The molecule has 0 saturated heterocycles. The number of ether oxygens (including phenoxy) is 2. The van der Waals surface area contributed by atoms with Gasteiger partial charge in [-0.1, -0.05) is 31.4 Å². The lowest BCUT2D eigenvalue weighted by atomic mass is 9.84. The van der Waals surface area contributed by atoms with E-state index in [0.717, 1.165) is 25.0 Å². The number of hydrogen-bond donors (Lipinski definition) is 1. The molecule has 1 aliphatic rings. The molecule has 124 valence electrons. The summed E-state index contributed by atoms with van der Waals surface area (Å²) in [6.45, 7) is 0.252. The van der Waals surface area contributed by atoms with Crippen LogP contribution in [-0.2, 0) is 4.74 Å². The van der Waals surface area contributed by atoms with Crippen LogP contribution >= 0.6 is 0 Å². The van der Waals surface area contributed by atoms with Gasteiger partial charge in [0.1, 0.15) is 5.75 Å². The zero-order valence-corrected chi connectivity index (χ0v) is 14.0. The van der Waals surface area contributed by atoms with Gasteiger partial charge in [0, 0.05) is 19.1 Å². The van der Waals surface area contributed by atoms with Crippen LogP contribution in [0.3, 0.4) is 0 Å². The molecular formula is C18H29NO3. The first-order chi connectivity index (χ1) is 10.6. The van der Waals surface area contributed by atoms with E-state index in [2.05, 4.69) is 31.1 Å². The second-order valence-corrected chi connectivity index (χ2v) is 6.40. The van der Waals surface area contributed by atoms with Crippen molar-refractivity contribution in [2.45, 2.75) is 44.2 Å². The van der Waals surface area contributed by atoms with Gasteiger partial charge in [0.25, 0.3) is 0 Å². The van der Waals surface area contributed by atoms with E-state index in [1.807, 2.05) is 12.1 Å². The van der Waals surface area contributed by atoms with Crippen molar-refractivity contribution in [1.29, 1.82) is 0 Å². The summed E-state index contributed by atoms with van der Waals surface area (Å²) >= 11 is 0. The zero-order chi connectivity index (χ0) is 15.9. The number of methoxy groups -OCH3 is 1. The van der Waals surface area contributed by atoms with Gasteiger partial charge in [0.2, 0.25) is 0 Å². The van der Waals surface area contributed by atoms with Gasteiger partial charge in [-0.25, -0.2) is 0 Å². The number of aliphatic hydroxyl groups excluding tert-OH is 1. The second kappa shape index (κ2) is 8.51. The first kappa shape index (κ1) is 17.3. The van der Waals surface area contributed by atoms with Crippen LogP contribution in [0.15, 0.2) is 24.3 Å². The molecule has 1 N–H and O–H groups in total. The van der Waals surface area contributed by atoms with E-state index in [1.165, 1.54) is 18.4 Å². The summed E-state index contributed by atoms with van der Waals surface area (Å²) in [6, 6.07) is 8.36. The average molecular weight is 307 g/mol. The maximum Gasteiger partial charge on any atom is 0.188 e. The van der Waals surface area contributed by atoms with E-state index in [-0.39, 0.29) is 24.9 Å². The minimum Gasteiger partial charge on any atom is -0.468 e. The highest BCUT2D eigenvalue weighted by Gasteiger charge is 2.32. The van der Waals surface area contributed by atoms with Gasteiger partial charge in [0.15, 0.2) is 6.79 Å². The Hall–Kier alpha value is -1.10. The molecule has 4 nitrogen and oxygen atoms in total. The first-order valence-corrected chi connectivity index (χ1v) is 8.19. The second-order valence-electron chi connectivity index (χ2n) is 6.40. The van der Waals surface area contributed by atoms with Crippen molar-refractivity contribution in [2.75, 3.05) is 28.0 Å². The minimum atomic E-state index is -0.224. The Labute approximate surface area is 134 Å². The third-order valence-corrected chi connectivity index (χ3v) is 4.54.